The minimum atomic E-state index is -3.37. The molecule has 0 spiro atoms. The van der Waals surface area contributed by atoms with Gasteiger partial charge in [0.05, 0.1) is 10.6 Å². The van der Waals surface area contributed by atoms with Crippen molar-refractivity contribution in [2.75, 3.05) is 12.3 Å². The highest BCUT2D eigenvalue weighted by Gasteiger charge is 2.33. The fraction of sp³-hybridized carbons (Fsp3) is 0.588. The van der Waals surface area contributed by atoms with Crippen LogP contribution in [0.1, 0.15) is 39.5 Å². The van der Waals surface area contributed by atoms with Crippen molar-refractivity contribution in [3.05, 3.63) is 30.3 Å². The van der Waals surface area contributed by atoms with Gasteiger partial charge in [0.2, 0.25) is 0 Å². The summed E-state index contributed by atoms with van der Waals surface area (Å²) in [7, 11) is -3.37. The van der Waals surface area contributed by atoms with Gasteiger partial charge in [-0.2, -0.15) is 0 Å². The summed E-state index contributed by atoms with van der Waals surface area (Å²) < 4.78 is 25.1. The lowest BCUT2D eigenvalue weighted by Crippen LogP contribution is -2.48. The third-order valence-corrected chi connectivity index (χ3v) is 6.28. The summed E-state index contributed by atoms with van der Waals surface area (Å²) in [6.45, 7) is 4.70. The molecule has 0 bridgehead atoms. The van der Waals surface area contributed by atoms with Crippen LogP contribution in [0.3, 0.4) is 0 Å². The van der Waals surface area contributed by atoms with E-state index in [-0.39, 0.29) is 23.9 Å². The summed E-state index contributed by atoms with van der Waals surface area (Å²) >= 11 is 0. The average Bonchev–Trinajstić information content (AvgIpc) is 3.00. The first-order chi connectivity index (χ1) is 11.0. The molecular weight excluding hydrogens is 312 g/mol. The number of likely N-dealkylation sites (tertiary alicyclic amines) is 1. The van der Waals surface area contributed by atoms with Crippen molar-refractivity contribution in [1.82, 2.24) is 10.2 Å². The lowest BCUT2D eigenvalue weighted by Gasteiger charge is -2.27. The Hall–Kier alpha value is -1.56. The molecule has 0 saturated carbocycles. The van der Waals surface area contributed by atoms with Crippen LogP contribution in [0.2, 0.25) is 0 Å². The molecule has 1 fully saturated rings. The Kier molecular flexibility index (Phi) is 6.04. The molecule has 1 aromatic carbocycles. The van der Waals surface area contributed by atoms with Crippen molar-refractivity contribution in [1.29, 1.82) is 0 Å². The van der Waals surface area contributed by atoms with E-state index >= 15 is 0 Å². The highest BCUT2D eigenvalue weighted by Crippen LogP contribution is 2.22. The van der Waals surface area contributed by atoms with E-state index in [1.54, 1.807) is 35.2 Å². The molecule has 1 saturated heterocycles. The normalized spacial score (nSPS) is 18.4. The van der Waals surface area contributed by atoms with E-state index < -0.39 is 9.84 Å². The van der Waals surface area contributed by atoms with Crippen LogP contribution in [0.25, 0.3) is 0 Å². The van der Waals surface area contributed by atoms with Crippen LogP contribution < -0.4 is 5.32 Å². The second-order valence-corrected chi connectivity index (χ2v) is 8.08. The molecule has 0 aliphatic carbocycles. The Morgan fingerprint density at radius 2 is 1.91 bits per heavy atom. The average molecular weight is 338 g/mol. The zero-order valence-corrected chi connectivity index (χ0v) is 14.7. The lowest BCUT2D eigenvalue weighted by molar-refractivity contribution is 0.191. The van der Waals surface area contributed by atoms with Gasteiger partial charge in [-0.1, -0.05) is 32.0 Å². The Balaban J connectivity index is 2.06. The molecule has 1 heterocycles. The topological polar surface area (TPSA) is 66.5 Å². The molecule has 1 N–H and O–H groups in total. The highest BCUT2D eigenvalue weighted by molar-refractivity contribution is 7.91. The van der Waals surface area contributed by atoms with Crippen molar-refractivity contribution in [3.8, 4) is 0 Å². The van der Waals surface area contributed by atoms with Gasteiger partial charge in [-0.3, -0.25) is 0 Å². The summed E-state index contributed by atoms with van der Waals surface area (Å²) in [4.78, 5) is 14.4. The number of nitrogens with one attached hydrogen (secondary N) is 1. The predicted molar refractivity (Wildman–Crippen MR) is 91.1 cm³/mol. The van der Waals surface area contributed by atoms with Crippen LogP contribution in [-0.4, -0.2) is 43.7 Å². The zero-order chi connectivity index (χ0) is 16.9. The van der Waals surface area contributed by atoms with Gasteiger partial charge in [-0.15, -0.1) is 0 Å². The number of rotatable bonds is 6. The fourth-order valence-electron chi connectivity index (χ4n) is 3.00. The van der Waals surface area contributed by atoms with Crippen LogP contribution in [0.4, 0.5) is 4.79 Å². The van der Waals surface area contributed by atoms with Gasteiger partial charge < -0.3 is 10.2 Å². The predicted octanol–water partition coefficient (Wildman–Crippen LogP) is 2.82. The minimum Gasteiger partial charge on any atom is -0.335 e. The monoisotopic (exact) mass is 338 g/mol. The van der Waals surface area contributed by atoms with Crippen LogP contribution in [0.5, 0.6) is 0 Å². The molecule has 0 aromatic heterocycles. The number of amides is 2. The number of nitrogens with zero attached hydrogens (tertiary/aromatic N) is 1. The second kappa shape index (κ2) is 7.81. The van der Waals surface area contributed by atoms with Gasteiger partial charge in [0.25, 0.3) is 0 Å². The summed E-state index contributed by atoms with van der Waals surface area (Å²) in [5.74, 6) is -0.00660. The van der Waals surface area contributed by atoms with Gasteiger partial charge in [0, 0.05) is 18.6 Å². The first kappa shape index (κ1) is 17.8. The fourth-order valence-corrected chi connectivity index (χ4v) is 4.62. The van der Waals surface area contributed by atoms with Gasteiger partial charge in [0.15, 0.2) is 9.84 Å². The first-order valence-electron chi connectivity index (χ1n) is 8.32. The summed E-state index contributed by atoms with van der Waals surface area (Å²) in [5.41, 5.74) is 0. The SMILES string of the molecule is CCC(CC)NC(=O)N1CCCC1CS(=O)(=O)c1ccccc1. The first-order valence-corrected chi connectivity index (χ1v) is 9.98. The summed E-state index contributed by atoms with van der Waals surface area (Å²) in [6.07, 6.45) is 3.35. The Morgan fingerprint density at radius 3 is 2.52 bits per heavy atom. The highest BCUT2D eigenvalue weighted by atomic mass is 32.2. The van der Waals surface area contributed by atoms with E-state index in [4.69, 9.17) is 0 Å². The van der Waals surface area contributed by atoms with Crippen molar-refractivity contribution >= 4 is 15.9 Å². The van der Waals surface area contributed by atoms with E-state index in [2.05, 4.69) is 5.32 Å². The van der Waals surface area contributed by atoms with E-state index in [1.807, 2.05) is 13.8 Å². The molecule has 5 nitrogen and oxygen atoms in total. The zero-order valence-electron chi connectivity index (χ0n) is 13.9. The molecule has 1 unspecified atom stereocenters. The maximum Gasteiger partial charge on any atom is 0.317 e. The Bertz CT molecular complexity index is 612. The molecule has 2 rings (SSSR count). The standard InChI is InChI=1S/C17H26N2O3S/c1-3-14(4-2)18-17(20)19-12-8-9-15(19)13-23(21,22)16-10-6-5-7-11-16/h5-7,10-11,14-15H,3-4,8-9,12-13H2,1-2H3,(H,18,20). The van der Waals surface area contributed by atoms with E-state index in [9.17, 15) is 13.2 Å². The Labute approximate surface area is 139 Å². The van der Waals surface area contributed by atoms with Crippen molar-refractivity contribution in [2.45, 2.75) is 56.5 Å². The molecule has 2 amide bonds. The summed E-state index contributed by atoms with van der Waals surface area (Å²) in [5, 5.41) is 3.01. The van der Waals surface area contributed by atoms with E-state index in [1.165, 1.54) is 0 Å². The van der Waals surface area contributed by atoms with Crippen LogP contribution >= 0.6 is 0 Å². The van der Waals surface area contributed by atoms with Crippen molar-refractivity contribution < 1.29 is 13.2 Å². The smallest absolute Gasteiger partial charge is 0.317 e. The maximum absolute atomic E-state index is 12.5. The minimum absolute atomic E-state index is 0.00660. The summed E-state index contributed by atoms with van der Waals surface area (Å²) in [6, 6.07) is 8.23. The second-order valence-electron chi connectivity index (χ2n) is 6.05. The number of carbonyl (C=O) groups excluding carboxylic acids is 1. The third-order valence-electron chi connectivity index (χ3n) is 4.47. The number of hydrogen-bond acceptors (Lipinski definition) is 3. The van der Waals surface area contributed by atoms with Crippen molar-refractivity contribution in [2.24, 2.45) is 0 Å². The maximum atomic E-state index is 12.5. The quantitative estimate of drug-likeness (QED) is 0.867. The van der Waals surface area contributed by atoms with Gasteiger partial charge >= 0.3 is 6.03 Å². The van der Waals surface area contributed by atoms with Crippen LogP contribution in [0, 0.1) is 0 Å². The van der Waals surface area contributed by atoms with Gasteiger partial charge in [-0.05, 0) is 37.8 Å². The lowest BCUT2D eigenvalue weighted by atomic mass is 10.2. The van der Waals surface area contributed by atoms with Crippen molar-refractivity contribution in [3.63, 3.8) is 0 Å². The third kappa shape index (κ3) is 4.47. The molecule has 1 aliphatic rings. The number of benzene rings is 1. The molecule has 1 atom stereocenters. The van der Waals surface area contributed by atoms with Gasteiger partial charge in [0.1, 0.15) is 0 Å². The largest absolute Gasteiger partial charge is 0.335 e. The molecule has 0 radical (unpaired) electrons. The van der Waals surface area contributed by atoms with Crippen LogP contribution in [-0.2, 0) is 9.84 Å². The molecule has 1 aromatic rings. The molecule has 6 heteroatoms. The van der Waals surface area contributed by atoms with Gasteiger partial charge in [-0.25, -0.2) is 13.2 Å². The number of carbonyl (C=O) groups is 1. The van der Waals surface area contributed by atoms with Crippen LogP contribution in [0.15, 0.2) is 35.2 Å². The van der Waals surface area contributed by atoms with E-state index in [0.717, 1.165) is 25.7 Å². The van der Waals surface area contributed by atoms with E-state index in [0.29, 0.717) is 11.4 Å². The Morgan fingerprint density at radius 1 is 1.26 bits per heavy atom. The molecule has 1 aliphatic heterocycles. The number of sulfone groups is 1. The molecule has 23 heavy (non-hydrogen) atoms. The molecular formula is C17H26N2O3S. The molecule has 128 valence electrons. The number of urea groups is 1. The number of hydrogen-bond donors (Lipinski definition) is 1.